The normalized spacial score (nSPS) is 16.1. The molecule has 1 unspecified atom stereocenters. The van der Waals surface area contributed by atoms with E-state index in [1.165, 1.54) is 12.1 Å². The highest BCUT2D eigenvalue weighted by Crippen LogP contribution is 2.24. The average molecular weight is 415 g/mol. The number of benzene rings is 2. The zero-order valence-corrected chi connectivity index (χ0v) is 16.2. The van der Waals surface area contributed by atoms with Gasteiger partial charge in [0.2, 0.25) is 10.0 Å². The quantitative estimate of drug-likeness (QED) is 0.733. The molecule has 0 amide bonds. The first-order valence-electron chi connectivity index (χ1n) is 8.11. The second-order valence-corrected chi connectivity index (χ2v) is 7.65. The number of halogens is 2. The lowest BCUT2D eigenvalue weighted by atomic mass is 9.95. The molecule has 1 heterocycles. The Hall–Kier alpha value is -2.00. The van der Waals surface area contributed by atoms with E-state index in [-0.39, 0.29) is 25.0 Å². The van der Waals surface area contributed by atoms with Gasteiger partial charge in [-0.25, -0.2) is 22.3 Å². The number of methoxy groups -OCH3 is 1. The number of nitrogens with one attached hydrogen (secondary N) is 2. The lowest BCUT2D eigenvalue weighted by Crippen LogP contribution is -2.39. The summed E-state index contributed by atoms with van der Waals surface area (Å²) >= 11 is 0. The molecule has 0 bridgehead atoms. The van der Waals surface area contributed by atoms with Crippen LogP contribution in [-0.2, 0) is 21.2 Å². The number of carbonyl (C=O) groups is 1. The van der Waals surface area contributed by atoms with E-state index < -0.39 is 32.3 Å². The summed E-state index contributed by atoms with van der Waals surface area (Å²) in [5.74, 6) is -1.98. The molecule has 0 aromatic heterocycles. The standard InChI is InChI=1S/C18H19FN2O4S.ClH/c1-25-18(22)17-14(19)7-4-8-16(17)26(23,24)21-11-15-13-6-3-2-5-12(13)9-10-20-15;/h2-8,15,20-21H,9-11H2,1H3;1H. The third-order valence-electron chi connectivity index (χ3n) is 4.35. The number of hydrogen-bond donors (Lipinski definition) is 2. The highest BCUT2D eigenvalue weighted by atomic mass is 35.5. The highest BCUT2D eigenvalue weighted by molar-refractivity contribution is 7.89. The number of rotatable bonds is 5. The van der Waals surface area contributed by atoms with Gasteiger partial charge < -0.3 is 10.1 Å². The van der Waals surface area contributed by atoms with Crippen molar-refractivity contribution in [1.29, 1.82) is 0 Å². The van der Waals surface area contributed by atoms with Gasteiger partial charge in [0, 0.05) is 12.6 Å². The minimum Gasteiger partial charge on any atom is -0.465 e. The van der Waals surface area contributed by atoms with Crippen LogP contribution in [0, 0.1) is 5.82 Å². The zero-order chi connectivity index (χ0) is 18.7. The lowest BCUT2D eigenvalue weighted by Gasteiger charge is -2.27. The Morgan fingerprint density at radius 3 is 2.74 bits per heavy atom. The van der Waals surface area contributed by atoms with Crippen LogP contribution in [0.1, 0.15) is 27.5 Å². The Morgan fingerprint density at radius 1 is 1.26 bits per heavy atom. The van der Waals surface area contributed by atoms with Crippen molar-refractivity contribution in [3.8, 4) is 0 Å². The predicted octanol–water partition coefficient (Wildman–Crippen LogP) is 2.20. The van der Waals surface area contributed by atoms with E-state index >= 15 is 0 Å². The zero-order valence-electron chi connectivity index (χ0n) is 14.6. The molecule has 146 valence electrons. The fourth-order valence-corrected chi connectivity index (χ4v) is 4.32. The van der Waals surface area contributed by atoms with Gasteiger partial charge in [0.15, 0.2) is 0 Å². The third kappa shape index (κ3) is 4.47. The summed E-state index contributed by atoms with van der Waals surface area (Å²) in [6.45, 7) is 0.813. The summed E-state index contributed by atoms with van der Waals surface area (Å²) < 4.78 is 46.3. The summed E-state index contributed by atoms with van der Waals surface area (Å²) in [5, 5.41) is 3.27. The predicted molar refractivity (Wildman–Crippen MR) is 101 cm³/mol. The van der Waals surface area contributed by atoms with Crippen LogP contribution < -0.4 is 10.0 Å². The fourth-order valence-electron chi connectivity index (χ4n) is 3.07. The maximum atomic E-state index is 14.0. The first-order chi connectivity index (χ1) is 12.4. The van der Waals surface area contributed by atoms with Gasteiger partial charge in [-0.3, -0.25) is 0 Å². The van der Waals surface area contributed by atoms with Gasteiger partial charge in [0.25, 0.3) is 0 Å². The van der Waals surface area contributed by atoms with Crippen molar-refractivity contribution >= 4 is 28.4 Å². The van der Waals surface area contributed by atoms with Crippen LogP contribution in [-0.4, -0.2) is 34.6 Å². The largest absolute Gasteiger partial charge is 0.465 e. The second kappa shape index (κ2) is 8.79. The summed E-state index contributed by atoms with van der Waals surface area (Å²) in [6, 6.07) is 11.0. The van der Waals surface area contributed by atoms with E-state index in [0.29, 0.717) is 0 Å². The van der Waals surface area contributed by atoms with Crippen LogP contribution in [0.3, 0.4) is 0 Å². The number of sulfonamides is 1. The van der Waals surface area contributed by atoms with Crippen molar-refractivity contribution in [1.82, 2.24) is 10.0 Å². The van der Waals surface area contributed by atoms with Gasteiger partial charge in [-0.15, -0.1) is 12.4 Å². The average Bonchev–Trinajstić information content (AvgIpc) is 2.65. The maximum absolute atomic E-state index is 14.0. The molecule has 0 saturated heterocycles. The molecule has 0 aliphatic carbocycles. The molecule has 0 saturated carbocycles. The molecule has 27 heavy (non-hydrogen) atoms. The number of esters is 1. The van der Waals surface area contributed by atoms with Crippen molar-refractivity contribution in [2.24, 2.45) is 0 Å². The fraction of sp³-hybridized carbons (Fsp3) is 0.278. The summed E-state index contributed by atoms with van der Waals surface area (Å²) in [4.78, 5) is 11.4. The molecule has 3 rings (SSSR count). The molecule has 0 fully saturated rings. The number of ether oxygens (including phenoxy) is 1. The number of fused-ring (bicyclic) bond motifs is 1. The van der Waals surface area contributed by atoms with Gasteiger partial charge in [-0.05, 0) is 36.2 Å². The molecule has 2 N–H and O–H groups in total. The Kier molecular flexibility index (Phi) is 6.94. The van der Waals surface area contributed by atoms with Crippen molar-refractivity contribution in [2.75, 3.05) is 20.2 Å². The molecule has 2 aromatic carbocycles. The van der Waals surface area contributed by atoms with Gasteiger partial charge in [-0.2, -0.15) is 0 Å². The lowest BCUT2D eigenvalue weighted by molar-refractivity contribution is 0.0590. The highest BCUT2D eigenvalue weighted by Gasteiger charge is 2.28. The van der Waals surface area contributed by atoms with Gasteiger partial charge >= 0.3 is 5.97 Å². The van der Waals surface area contributed by atoms with E-state index in [0.717, 1.165) is 37.3 Å². The molecule has 1 aliphatic rings. The summed E-state index contributed by atoms with van der Waals surface area (Å²) in [7, 11) is -3.03. The van der Waals surface area contributed by atoms with Crippen LogP contribution in [0.25, 0.3) is 0 Å². The van der Waals surface area contributed by atoms with E-state index in [2.05, 4.69) is 14.8 Å². The number of carbonyl (C=O) groups excluding carboxylic acids is 1. The monoisotopic (exact) mass is 414 g/mol. The van der Waals surface area contributed by atoms with Crippen molar-refractivity contribution in [3.63, 3.8) is 0 Å². The van der Waals surface area contributed by atoms with Crippen molar-refractivity contribution in [2.45, 2.75) is 17.4 Å². The molecule has 1 aliphatic heterocycles. The molecule has 0 spiro atoms. The van der Waals surface area contributed by atoms with E-state index in [4.69, 9.17) is 0 Å². The third-order valence-corrected chi connectivity index (χ3v) is 5.81. The van der Waals surface area contributed by atoms with Gasteiger partial charge in [0.05, 0.1) is 12.0 Å². The van der Waals surface area contributed by atoms with Crippen LogP contribution in [0.2, 0.25) is 0 Å². The van der Waals surface area contributed by atoms with Crippen LogP contribution in [0.4, 0.5) is 4.39 Å². The topological polar surface area (TPSA) is 84.5 Å². The number of hydrogen-bond acceptors (Lipinski definition) is 5. The SMILES string of the molecule is COC(=O)c1c(F)cccc1S(=O)(=O)NCC1NCCc2ccccc21.Cl. The van der Waals surface area contributed by atoms with Crippen LogP contribution in [0.15, 0.2) is 47.4 Å². The van der Waals surface area contributed by atoms with Gasteiger partial charge in [0.1, 0.15) is 11.4 Å². The molecule has 1 atom stereocenters. The Labute approximate surface area is 163 Å². The smallest absolute Gasteiger partial charge is 0.342 e. The molecule has 0 radical (unpaired) electrons. The van der Waals surface area contributed by atoms with Crippen LogP contribution >= 0.6 is 12.4 Å². The Bertz CT molecular complexity index is 937. The summed E-state index contributed by atoms with van der Waals surface area (Å²) in [5.41, 5.74) is 1.59. The Balaban J connectivity index is 0.00000261. The minimum absolute atomic E-state index is 0. The molecular weight excluding hydrogens is 395 g/mol. The minimum atomic E-state index is -4.10. The molecule has 2 aromatic rings. The second-order valence-electron chi connectivity index (χ2n) is 5.91. The summed E-state index contributed by atoms with van der Waals surface area (Å²) in [6.07, 6.45) is 0.871. The van der Waals surface area contributed by atoms with Crippen molar-refractivity contribution < 1.29 is 22.3 Å². The molecule has 6 nitrogen and oxygen atoms in total. The molecular formula is C18H20ClFN2O4S. The van der Waals surface area contributed by atoms with E-state index in [1.54, 1.807) is 0 Å². The Morgan fingerprint density at radius 2 is 2.00 bits per heavy atom. The maximum Gasteiger partial charge on any atom is 0.342 e. The van der Waals surface area contributed by atoms with E-state index in [9.17, 15) is 17.6 Å². The molecule has 9 heteroatoms. The van der Waals surface area contributed by atoms with Crippen molar-refractivity contribution in [3.05, 3.63) is 65.0 Å². The van der Waals surface area contributed by atoms with Crippen LogP contribution in [0.5, 0.6) is 0 Å². The first-order valence-corrected chi connectivity index (χ1v) is 9.60. The van der Waals surface area contributed by atoms with E-state index in [1.807, 2.05) is 24.3 Å². The first kappa shape index (κ1) is 21.3. The van der Waals surface area contributed by atoms with Gasteiger partial charge in [-0.1, -0.05) is 30.3 Å².